The molecule has 8 atom stereocenters. The van der Waals surface area contributed by atoms with Gasteiger partial charge in [-0.3, -0.25) is 0 Å². The number of ether oxygens (including phenoxy) is 3. The van der Waals surface area contributed by atoms with Crippen molar-refractivity contribution in [2.24, 2.45) is 17.6 Å². The number of hydrogen-bond donors (Lipinski definition) is 4. The topological polar surface area (TPSA) is 106 Å². The Kier molecular flexibility index (Phi) is 7.86. The second kappa shape index (κ2) is 8.71. The molecule has 0 aromatic heterocycles. The summed E-state index contributed by atoms with van der Waals surface area (Å²) < 4.78 is 16.7. The third kappa shape index (κ3) is 5.09. The van der Waals surface area contributed by atoms with Crippen LogP contribution in [0.25, 0.3) is 0 Å². The van der Waals surface area contributed by atoms with Gasteiger partial charge in [0, 0.05) is 13.2 Å². The van der Waals surface area contributed by atoms with Crippen molar-refractivity contribution in [1.29, 1.82) is 0 Å². The first-order valence-electron chi connectivity index (χ1n) is 8.28. The van der Waals surface area contributed by atoms with Gasteiger partial charge in [0.1, 0.15) is 11.7 Å². The van der Waals surface area contributed by atoms with E-state index in [1.165, 1.54) is 7.11 Å². The average Bonchev–Trinajstić information content (AvgIpc) is 2.50. The van der Waals surface area contributed by atoms with Crippen molar-refractivity contribution in [2.75, 3.05) is 20.7 Å². The fourth-order valence-electron chi connectivity index (χ4n) is 3.00. The molecule has 23 heavy (non-hydrogen) atoms. The highest BCUT2D eigenvalue weighted by molar-refractivity contribution is 4.89. The molecule has 1 heterocycles. The monoisotopic (exact) mass is 334 g/mol. The summed E-state index contributed by atoms with van der Waals surface area (Å²) >= 11 is 0. The highest BCUT2D eigenvalue weighted by atomic mass is 16.7. The van der Waals surface area contributed by atoms with Gasteiger partial charge in [0.2, 0.25) is 0 Å². The Morgan fingerprint density at radius 1 is 1.39 bits per heavy atom. The van der Waals surface area contributed by atoms with E-state index in [1.807, 2.05) is 20.9 Å². The van der Waals surface area contributed by atoms with Crippen LogP contribution in [-0.4, -0.2) is 67.3 Å². The molecule has 0 aromatic rings. The van der Waals surface area contributed by atoms with Crippen LogP contribution >= 0.6 is 0 Å². The molecule has 4 unspecified atom stereocenters. The minimum absolute atomic E-state index is 0.00597. The lowest BCUT2D eigenvalue weighted by Gasteiger charge is -2.43. The summed E-state index contributed by atoms with van der Waals surface area (Å²) in [5.41, 5.74) is 5.10. The first kappa shape index (κ1) is 20.8. The second-order valence-electron chi connectivity index (χ2n) is 7.01. The number of aliphatic hydroxyl groups is 2. The van der Waals surface area contributed by atoms with Crippen molar-refractivity contribution in [3.05, 3.63) is 0 Å². The molecule has 0 amide bonds. The molecule has 1 rings (SSSR count). The van der Waals surface area contributed by atoms with Crippen molar-refractivity contribution in [2.45, 2.75) is 70.5 Å². The zero-order valence-electron chi connectivity index (χ0n) is 15.2. The van der Waals surface area contributed by atoms with Crippen LogP contribution in [0.4, 0.5) is 0 Å². The number of rotatable bonds is 8. The average molecular weight is 334 g/mol. The molecule has 1 aliphatic heterocycles. The highest BCUT2D eigenvalue weighted by Crippen LogP contribution is 2.30. The van der Waals surface area contributed by atoms with Crippen molar-refractivity contribution in [3.8, 4) is 0 Å². The molecule has 0 spiro atoms. The fraction of sp³-hybridized carbons (Fsp3) is 1.00. The molecule has 7 nitrogen and oxygen atoms in total. The van der Waals surface area contributed by atoms with Crippen LogP contribution < -0.4 is 11.1 Å². The highest BCUT2D eigenvalue weighted by Gasteiger charge is 2.44. The first-order valence-corrected chi connectivity index (χ1v) is 8.28. The maximum absolute atomic E-state index is 10.5. The van der Waals surface area contributed by atoms with Gasteiger partial charge in [-0.2, -0.15) is 0 Å². The molecule has 0 radical (unpaired) electrons. The molecule has 0 saturated carbocycles. The van der Waals surface area contributed by atoms with Gasteiger partial charge in [0.05, 0.1) is 6.10 Å². The van der Waals surface area contributed by atoms with Gasteiger partial charge in [-0.05, 0) is 45.7 Å². The summed E-state index contributed by atoms with van der Waals surface area (Å²) in [4.78, 5) is 0. The molecule has 1 aliphatic rings. The Bertz CT molecular complexity index is 359. The van der Waals surface area contributed by atoms with E-state index < -0.39 is 30.3 Å². The molecule has 0 aliphatic carbocycles. The lowest BCUT2D eigenvalue weighted by molar-refractivity contribution is -0.332. The maximum Gasteiger partial charge on any atom is 0.188 e. The lowest BCUT2D eigenvalue weighted by Crippen LogP contribution is -2.59. The zero-order valence-corrected chi connectivity index (χ0v) is 15.2. The van der Waals surface area contributed by atoms with E-state index >= 15 is 0 Å². The van der Waals surface area contributed by atoms with Crippen LogP contribution in [0.1, 0.15) is 34.1 Å². The lowest BCUT2D eigenvalue weighted by atomic mass is 9.89. The number of aliphatic hydroxyl groups excluding tert-OH is 2. The van der Waals surface area contributed by atoms with Crippen LogP contribution in [0.3, 0.4) is 0 Å². The van der Waals surface area contributed by atoms with Crippen molar-refractivity contribution < 1.29 is 24.4 Å². The predicted octanol–water partition coefficient (Wildman–Crippen LogP) is 0.0412. The van der Waals surface area contributed by atoms with Crippen LogP contribution in [0, 0.1) is 11.8 Å². The summed E-state index contributed by atoms with van der Waals surface area (Å²) in [6, 6.07) is -0.465. The van der Waals surface area contributed by atoms with Crippen LogP contribution in [0.5, 0.6) is 0 Å². The number of hydrogen-bond acceptors (Lipinski definition) is 7. The van der Waals surface area contributed by atoms with E-state index in [0.717, 1.165) is 6.54 Å². The fourth-order valence-corrected chi connectivity index (χ4v) is 3.00. The largest absolute Gasteiger partial charge is 0.386 e. The molecular formula is C16H34N2O5. The Labute approximate surface area is 139 Å². The van der Waals surface area contributed by atoms with Crippen molar-refractivity contribution in [3.63, 3.8) is 0 Å². The number of nitrogens with two attached hydrogens (primary N) is 1. The van der Waals surface area contributed by atoms with Gasteiger partial charge in [0.25, 0.3) is 0 Å². The van der Waals surface area contributed by atoms with Crippen molar-refractivity contribution >= 4 is 0 Å². The Hall–Kier alpha value is -0.280. The van der Waals surface area contributed by atoms with E-state index in [9.17, 15) is 10.2 Å². The Morgan fingerprint density at radius 3 is 2.52 bits per heavy atom. The summed E-state index contributed by atoms with van der Waals surface area (Å²) in [5.74, 6) is 0.285. The third-order valence-corrected chi connectivity index (χ3v) is 4.93. The number of methoxy groups -OCH3 is 1. The first-order chi connectivity index (χ1) is 10.7. The van der Waals surface area contributed by atoms with Crippen LogP contribution in [0.2, 0.25) is 0 Å². The van der Waals surface area contributed by atoms with E-state index in [2.05, 4.69) is 12.2 Å². The van der Waals surface area contributed by atoms with E-state index in [4.69, 9.17) is 19.9 Å². The quantitative estimate of drug-likeness (QED) is 0.464. The summed E-state index contributed by atoms with van der Waals surface area (Å²) in [6.45, 7) is 8.44. The maximum atomic E-state index is 10.5. The van der Waals surface area contributed by atoms with Gasteiger partial charge in [0.15, 0.2) is 12.6 Å². The molecule has 7 heteroatoms. The SMILES string of the molecule is CNC[C@H](C)CC(C)(OC)[C@@H](O)O[C@@H]1OC(C)[C@H](C)C(N)C1O. The van der Waals surface area contributed by atoms with Crippen LogP contribution in [0.15, 0.2) is 0 Å². The van der Waals surface area contributed by atoms with Crippen molar-refractivity contribution in [1.82, 2.24) is 5.32 Å². The zero-order chi connectivity index (χ0) is 17.8. The molecule has 138 valence electrons. The van der Waals surface area contributed by atoms with E-state index in [1.54, 1.807) is 6.92 Å². The summed E-state index contributed by atoms with van der Waals surface area (Å²) in [5, 5.41) is 23.8. The molecular weight excluding hydrogens is 300 g/mol. The number of nitrogens with one attached hydrogen (secondary N) is 1. The van der Waals surface area contributed by atoms with Gasteiger partial charge in [-0.1, -0.05) is 13.8 Å². The summed E-state index contributed by atoms with van der Waals surface area (Å²) in [6.07, 6.45) is -2.78. The second-order valence-corrected chi connectivity index (χ2v) is 7.01. The Balaban J connectivity index is 2.73. The van der Waals surface area contributed by atoms with E-state index in [0.29, 0.717) is 6.42 Å². The molecule has 5 N–H and O–H groups in total. The predicted molar refractivity (Wildman–Crippen MR) is 87.7 cm³/mol. The smallest absolute Gasteiger partial charge is 0.188 e. The van der Waals surface area contributed by atoms with Crippen LogP contribution in [-0.2, 0) is 14.2 Å². The standard InChI is InChI=1S/C16H34N2O5/c1-9(8-18-5)7-16(4,21-6)15(20)23-14-13(19)12(17)10(2)11(3)22-14/h9-15,18-20H,7-8,17H2,1-6H3/t9-,10+,11?,12?,13?,14+,15+,16?/m1/s1. The Morgan fingerprint density at radius 2 is 2.00 bits per heavy atom. The molecule has 1 fully saturated rings. The molecule has 1 saturated heterocycles. The van der Waals surface area contributed by atoms with Gasteiger partial charge < -0.3 is 35.5 Å². The van der Waals surface area contributed by atoms with E-state index in [-0.39, 0.29) is 17.9 Å². The van der Waals surface area contributed by atoms with Gasteiger partial charge in [-0.25, -0.2) is 0 Å². The minimum atomic E-state index is -1.24. The molecule has 0 bridgehead atoms. The third-order valence-electron chi connectivity index (χ3n) is 4.93. The summed E-state index contributed by atoms with van der Waals surface area (Å²) in [7, 11) is 3.41. The van der Waals surface area contributed by atoms with Gasteiger partial charge in [-0.15, -0.1) is 0 Å². The van der Waals surface area contributed by atoms with Gasteiger partial charge >= 0.3 is 0 Å². The molecule has 0 aromatic carbocycles. The minimum Gasteiger partial charge on any atom is -0.386 e. The normalized spacial score (nSPS) is 37.2.